The van der Waals surface area contributed by atoms with Gasteiger partial charge >= 0.3 is 5.97 Å². The second kappa shape index (κ2) is 4.61. The summed E-state index contributed by atoms with van der Waals surface area (Å²) in [6.45, 7) is 0. The van der Waals surface area contributed by atoms with Crippen molar-refractivity contribution in [3.05, 3.63) is 18.7 Å². The van der Waals surface area contributed by atoms with E-state index >= 15 is 0 Å². The smallest absolute Gasteiger partial charge is 0.305 e. The molecule has 0 saturated heterocycles. The summed E-state index contributed by atoms with van der Waals surface area (Å²) in [7, 11) is 0. The average molecular weight is 274 g/mol. The number of nitrogens with zero attached hydrogens (tertiary/aromatic N) is 2. The van der Waals surface area contributed by atoms with Crippen LogP contribution in [-0.4, -0.2) is 20.6 Å². The van der Waals surface area contributed by atoms with Crippen LogP contribution in [0.4, 0.5) is 0 Å². The first-order valence-electron chi connectivity index (χ1n) is 7.90. The maximum absolute atomic E-state index is 11.3. The summed E-state index contributed by atoms with van der Waals surface area (Å²) in [6, 6.07) is 0.102. The highest BCUT2D eigenvalue weighted by molar-refractivity contribution is 5.67. The van der Waals surface area contributed by atoms with E-state index in [1.54, 1.807) is 12.5 Å². The Hall–Kier alpha value is -1.32. The van der Waals surface area contributed by atoms with Crippen LogP contribution in [0, 0.1) is 29.6 Å². The molecule has 4 fully saturated rings. The van der Waals surface area contributed by atoms with E-state index in [2.05, 4.69) is 9.55 Å². The number of aromatic nitrogens is 2. The third-order valence-electron chi connectivity index (χ3n) is 6.04. The number of hydrogen-bond donors (Lipinski definition) is 1. The first-order chi connectivity index (χ1) is 9.70. The molecule has 4 saturated carbocycles. The average Bonchev–Trinajstić information content (AvgIpc) is 2.89. The lowest BCUT2D eigenvalue weighted by Gasteiger charge is -2.56. The van der Waals surface area contributed by atoms with Gasteiger partial charge in [-0.15, -0.1) is 0 Å². The molecular formula is C16H22N2O2. The zero-order valence-electron chi connectivity index (χ0n) is 11.7. The number of carboxylic acids is 1. The molecule has 4 aliphatic carbocycles. The maximum atomic E-state index is 11.3. The van der Waals surface area contributed by atoms with Crippen LogP contribution in [0.3, 0.4) is 0 Å². The highest BCUT2D eigenvalue weighted by Gasteiger charge is 2.51. The zero-order chi connectivity index (χ0) is 13.7. The van der Waals surface area contributed by atoms with Gasteiger partial charge < -0.3 is 9.67 Å². The van der Waals surface area contributed by atoms with Gasteiger partial charge in [0.15, 0.2) is 0 Å². The topological polar surface area (TPSA) is 55.1 Å². The van der Waals surface area contributed by atoms with Crippen LogP contribution in [0.2, 0.25) is 0 Å². The third-order valence-corrected chi connectivity index (χ3v) is 6.04. The standard InChI is InChI=1S/C16H22N2O2/c19-15(20)8-14(18-2-1-17-9-18)16-12-4-10-3-11(6-12)7-13(16)5-10/h1-2,9-14,16H,3-8H2,(H,19,20). The highest BCUT2D eigenvalue weighted by Crippen LogP contribution is 2.59. The normalized spacial score (nSPS) is 39.9. The molecule has 0 spiro atoms. The van der Waals surface area contributed by atoms with Crippen LogP contribution in [0.1, 0.15) is 44.6 Å². The van der Waals surface area contributed by atoms with Crippen LogP contribution in [0.15, 0.2) is 18.7 Å². The van der Waals surface area contributed by atoms with Crippen molar-refractivity contribution in [3.63, 3.8) is 0 Å². The molecule has 1 aromatic heterocycles. The second-order valence-electron chi connectivity index (χ2n) is 7.18. The van der Waals surface area contributed by atoms with Crippen molar-refractivity contribution in [3.8, 4) is 0 Å². The largest absolute Gasteiger partial charge is 0.481 e. The molecule has 4 aliphatic rings. The van der Waals surface area contributed by atoms with Crippen molar-refractivity contribution in [2.24, 2.45) is 29.6 Å². The minimum Gasteiger partial charge on any atom is -0.481 e. The zero-order valence-corrected chi connectivity index (χ0v) is 11.7. The molecule has 20 heavy (non-hydrogen) atoms. The summed E-state index contributed by atoms with van der Waals surface area (Å²) in [5, 5.41) is 9.30. The van der Waals surface area contributed by atoms with E-state index in [1.165, 1.54) is 32.1 Å². The van der Waals surface area contributed by atoms with Gasteiger partial charge in [0, 0.05) is 18.4 Å². The molecule has 1 atom stereocenters. The summed E-state index contributed by atoms with van der Waals surface area (Å²) in [4.78, 5) is 15.4. The first kappa shape index (κ1) is 12.4. The third kappa shape index (κ3) is 1.97. The molecule has 0 aliphatic heterocycles. The Kier molecular flexibility index (Phi) is 2.86. The highest BCUT2D eigenvalue weighted by atomic mass is 16.4. The summed E-state index contributed by atoms with van der Waals surface area (Å²) < 4.78 is 2.06. The molecule has 4 nitrogen and oxygen atoms in total. The second-order valence-corrected chi connectivity index (χ2v) is 7.18. The fourth-order valence-corrected chi connectivity index (χ4v) is 5.68. The Morgan fingerprint density at radius 3 is 2.35 bits per heavy atom. The lowest BCUT2D eigenvalue weighted by atomic mass is 9.50. The fraction of sp³-hybridized carbons (Fsp3) is 0.750. The Balaban J connectivity index is 1.64. The summed E-state index contributed by atoms with van der Waals surface area (Å²) in [5.41, 5.74) is 0. The monoisotopic (exact) mass is 274 g/mol. The number of rotatable bonds is 4. The van der Waals surface area contributed by atoms with Crippen LogP contribution < -0.4 is 0 Å². The van der Waals surface area contributed by atoms with Gasteiger partial charge in [-0.1, -0.05) is 0 Å². The van der Waals surface area contributed by atoms with Gasteiger partial charge in [-0.2, -0.15) is 0 Å². The van der Waals surface area contributed by atoms with Crippen molar-refractivity contribution in [2.45, 2.75) is 44.6 Å². The molecule has 1 heterocycles. The summed E-state index contributed by atoms with van der Waals surface area (Å²) in [6.07, 6.45) is 12.5. The van der Waals surface area contributed by atoms with Crippen LogP contribution >= 0.6 is 0 Å². The van der Waals surface area contributed by atoms with Gasteiger partial charge in [0.1, 0.15) is 0 Å². The van der Waals surface area contributed by atoms with Crippen molar-refractivity contribution in [1.29, 1.82) is 0 Å². The van der Waals surface area contributed by atoms with Crippen molar-refractivity contribution >= 4 is 5.97 Å². The Bertz CT molecular complexity index is 469. The number of imidazole rings is 1. The van der Waals surface area contributed by atoms with E-state index in [4.69, 9.17) is 0 Å². The number of aliphatic carboxylic acids is 1. The molecule has 4 bridgehead atoms. The predicted octanol–water partition coefficient (Wildman–Crippen LogP) is 2.97. The van der Waals surface area contributed by atoms with E-state index in [0.29, 0.717) is 5.92 Å². The predicted molar refractivity (Wildman–Crippen MR) is 74.1 cm³/mol. The molecule has 108 valence electrons. The minimum atomic E-state index is -0.683. The van der Waals surface area contributed by atoms with E-state index in [0.717, 1.165) is 23.7 Å². The quantitative estimate of drug-likeness (QED) is 0.918. The molecule has 1 N–H and O–H groups in total. The lowest BCUT2D eigenvalue weighted by molar-refractivity contribution is -0.140. The molecule has 1 aromatic rings. The Labute approximate surface area is 119 Å². The molecule has 0 aromatic carbocycles. The SMILES string of the molecule is O=C(O)CC(C1C2CC3CC(C2)CC1C3)n1ccnc1. The van der Waals surface area contributed by atoms with Gasteiger partial charge in [-0.05, 0) is 61.7 Å². The van der Waals surface area contributed by atoms with Gasteiger partial charge in [-0.25, -0.2) is 4.98 Å². The molecular weight excluding hydrogens is 252 g/mol. The molecule has 4 heteroatoms. The van der Waals surface area contributed by atoms with E-state index in [-0.39, 0.29) is 12.5 Å². The van der Waals surface area contributed by atoms with Crippen LogP contribution in [-0.2, 0) is 4.79 Å². The van der Waals surface area contributed by atoms with Crippen molar-refractivity contribution in [2.75, 3.05) is 0 Å². The van der Waals surface area contributed by atoms with E-state index < -0.39 is 5.97 Å². The lowest BCUT2D eigenvalue weighted by Crippen LogP contribution is -2.48. The Morgan fingerprint density at radius 2 is 1.85 bits per heavy atom. The molecule has 1 unspecified atom stereocenters. The maximum Gasteiger partial charge on any atom is 0.305 e. The minimum absolute atomic E-state index is 0.102. The molecule has 0 amide bonds. The van der Waals surface area contributed by atoms with Gasteiger partial charge in [0.05, 0.1) is 12.7 Å². The van der Waals surface area contributed by atoms with Gasteiger partial charge in [0.25, 0.3) is 0 Å². The molecule has 0 radical (unpaired) electrons. The van der Waals surface area contributed by atoms with Crippen LogP contribution in [0.5, 0.6) is 0 Å². The Morgan fingerprint density at radius 1 is 1.20 bits per heavy atom. The fourth-order valence-electron chi connectivity index (χ4n) is 5.68. The summed E-state index contributed by atoms with van der Waals surface area (Å²) >= 11 is 0. The number of carboxylic acid groups (broad SMARTS) is 1. The van der Waals surface area contributed by atoms with Crippen molar-refractivity contribution < 1.29 is 9.90 Å². The molecule has 5 rings (SSSR count). The van der Waals surface area contributed by atoms with Gasteiger partial charge in [-0.3, -0.25) is 4.79 Å². The van der Waals surface area contributed by atoms with E-state index in [1.807, 2.05) is 6.20 Å². The first-order valence-corrected chi connectivity index (χ1v) is 7.90. The summed E-state index contributed by atoms with van der Waals surface area (Å²) in [5.74, 6) is 3.23. The number of hydrogen-bond acceptors (Lipinski definition) is 2. The van der Waals surface area contributed by atoms with E-state index in [9.17, 15) is 9.90 Å². The van der Waals surface area contributed by atoms with Gasteiger partial charge in [0.2, 0.25) is 0 Å². The number of carbonyl (C=O) groups is 1. The van der Waals surface area contributed by atoms with Crippen LogP contribution in [0.25, 0.3) is 0 Å². The van der Waals surface area contributed by atoms with Crippen molar-refractivity contribution in [1.82, 2.24) is 9.55 Å².